The summed E-state index contributed by atoms with van der Waals surface area (Å²) in [5.74, 6) is -1.05. The lowest BCUT2D eigenvalue weighted by atomic mass is 10.2. The van der Waals surface area contributed by atoms with Gasteiger partial charge < -0.3 is 16.2 Å². The summed E-state index contributed by atoms with van der Waals surface area (Å²) >= 11 is 1.28. The summed E-state index contributed by atoms with van der Waals surface area (Å²) in [7, 11) is 1.63. The molecule has 0 spiro atoms. The Morgan fingerprint density at radius 3 is 2.43 bits per heavy atom. The number of ether oxygens (including phenoxy) is 1. The number of nitrogens with zero attached hydrogens (tertiary/aromatic N) is 4. The van der Waals surface area contributed by atoms with Crippen LogP contribution in [0.25, 0.3) is 0 Å². The highest BCUT2D eigenvalue weighted by Crippen LogP contribution is 2.27. The maximum absolute atomic E-state index is 12.7. The van der Waals surface area contributed by atoms with Crippen molar-refractivity contribution in [2.24, 2.45) is 7.05 Å². The van der Waals surface area contributed by atoms with Crippen LogP contribution < -0.4 is 11.5 Å². The SMILES string of the molecule is CCOC(=O)c1c(C)nn(C(=O)c2c(SC)nn(C)c2N)c1N. The molecule has 2 aromatic heterocycles. The number of nitrogens with two attached hydrogens (primary N) is 2. The minimum Gasteiger partial charge on any atom is -0.462 e. The largest absolute Gasteiger partial charge is 0.462 e. The Labute approximate surface area is 136 Å². The topological polar surface area (TPSA) is 131 Å². The highest BCUT2D eigenvalue weighted by molar-refractivity contribution is 7.98. The first-order chi connectivity index (χ1) is 10.8. The fourth-order valence-electron chi connectivity index (χ4n) is 2.12. The van der Waals surface area contributed by atoms with E-state index in [1.165, 1.54) is 16.4 Å². The lowest BCUT2D eigenvalue weighted by Crippen LogP contribution is -2.19. The third kappa shape index (κ3) is 2.77. The molecule has 0 amide bonds. The summed E-state index contributed by atoms with van der Waals surface area (Å²) in [6, 6.07) is 0. The summed E-state index contributed by atoms with van der Waals surface area (Å²) in [6.07, 6.45) is 1.78. The first kappa shape index (κ1) is 16.9. The first-order valence-electron chi connectivity index (χ1n) is 6.76. The molecule has 0 aromatic carbocycles. The third-order valence-corrected chi connectivity index (χ3v) is 3.91. The van der Waals surface area contributed by atoms with Gasteiger partial charge >= 0.3 is 5.97 Å². The third-order valence-electron chi connectivity index (χ3n) is 3.23. The lowest BCUT2D eigenvalue weighted by molar-refractivity contribution is 0.0527. The average molecular weight is 338 g/mol. The standard InChI is InChI=1S/C13H18N6O3S/c1-5-22-13(21)7-6(2)16-19(10(7)15)12(20)8-9(14)18(3)17-11(8)23-4/h5,14-15H2,1-4H3. The van der Waals surface area contributed by atoms with Crippen molar-refractivity contribution in [3.05, 3.63) is 16.8 Å². The summed E-state index contributed by atoms with van der Waals surface area (Å²) in [5, 5.41) is 8.67. The van der Waals surface area contributed by atoms with Crippen molar-refractivity contribution in [2.75, 3.05) is 24.3 Å². The van der Waals surface area contributed by atoms with Crippen molar-refractivity contribution in [1.29, 1.82) is 0 Å². The Morgan fingerprint density at radius 1 is 1.22 bits per heavy atom. The zero-order chi connectivity index (χ0) is 17.3. The first-order valence-corrected chi connectivity index (χ1v) is 7.99. The molecule has 2 heterocycles. The summed E-state index contributed by atoms with van der Waals surface area (Å²) < 4.78 is 7.29. The monoisotopic (exact) mass is 338 g/mol. The number of carbonyl (C=O) groups is 2. The molecule has 0 bridgehead atoms. The molecule has 0 unspecified atom stereocenters. The lowest BCUT2D eigenvalue weighted by Gasteiger charge is -2.05. The predicted molar refractivity (Wildman–Crippen MR) is 86.5 cm³/mol. The van der Waals surface area contributed by atoms with E-state index in [9.17, 15) is 9.59 Å². The van der Waals surface area contributed by atoms with Crippen molar-refractivity contribution < 1.29 is 14.3 Å². The molecule has 0 saturated heterocycles. The second-order valence-corrected chi connectivity index (χ2v) is 5.47. The Kier molecular flexibility index (Phi) is 4.64. The van der Waals surface area contributed by atoms with Crippen LogP contribution >= 0.6 is 11.8 Å². The minimum absolute atomic E-state index is 0.0772. The summed E-state index contributed by atoms with van der Waals surface area (Å²) in [5.41, 5.74) is 12.4. The van der Waals surface area contributed by atoms with Gasteiger partial charge in [0.1, 0.15) is 27.8 Å². The molecular weight excluding hydrogens is 320 g/mol. The molecule has 9 nitrogen and oxygen atoms in total. The number of esters is 1. The second-order valence-electron chi connectivity index (χ2n) is 4.68. The molecule has 2 aromatic rings. The molecule has 0 radical (unpaired) electrons. The zero-order valence-corrected chi connectivity index (χ0v) is 14.1. The van der Waals surface area contributed by atoms with Gasteiger partial charge in [0.15, 0.2) is 0 Å². The number of thioether (sulfide) groups is 1. The van der Waals surface area contributed by atoms with E-state index >= 15 is 0 Å². The number of anilines is 2. The summed E-state index contributed by atoms with van der Waals surface area (Å²) in [6.45, 7) is 3.46. The predicted octanol–water partition coefficient (Wildman–Crippen LogP) is 0.677. The van der Waals surface area contributed by atoms with Gasteiger partial charge in [-0.15, -0.1) is 11.8 Å². The van der Waals surface area contributed by atoms with Gasteiger partial charge in [-0.2, -0.15) is 14.9 Å². The van der Waals surface area contributed by atoms with Gasteiger partial charge in [-0.25, -0.2) is 4.79 Å². The van der Waals surface area contributed by atoms with E-state index in [1.54, 1.807) is 27.2 Å². The minimum atomic E-state index is -0.620. The van der Waals surface area contributed by atoms with Gasteiger partial charge in [0.25, 0.3) is 5.91 Å². The smallest absolute Gasteiger partial charge is 0.343 e. The number of rotatable bonds is 4. The number of hydrogen-bond donors (Lipinski definition) is 2. The van der Waals surface area contributed by atoms with Crippen LogP contribution in [0.1, 0.15) is 33.3 Å². The fraction of sp³-hybridized carbons (Fsp3) is 0.385. The van der Waals surface area contributed by atoms with Crippen LogP contribution in [0.15, 0.2) is 5.03 Å². The van der Waals surface area contributed by atoms with E-state index < -0.39 is 11.9 Å². The molecule has 4 N–H and O–H groups in total. The van der Waals surface area contributed by atoms with E-state index in [-0.39, 0.29) is 29.4 Å². The second kappa shape index (κ2) is 6.32. The van der Waals surface area contributed by atoms with E-state index in [0.717, 1.165) is 4.68 Å². The van der Waals surface area contributed by atoms with Crippen LogP contribution in [-0.2, 0) is 11.8 Å². The highest BCUT2D eigenvalue weighted by Gasteiger charge is 2.28. The van der Waals surface area contributed by atoms with E-state index in [1.807, 2.05) is 0 Å². The molecule has 10 heteroatoms. The number of aryl methyl sites for hydroxylation is 2. The van der Waals surface area contributed by atoms with Gasteiger partial charge in [0.2, 0.25) is 0 Å². The number of nitrogen functional groups attached to an aromatic ring is 2. The maximum Gasteiger partial charge on any atom is 0.343 e. The Bertz CT molecular complexity index is 779. The van der Waals surface area contributed by atoms with Crippen molar-refractivity contribution >= 4 is 35.3 Å². The van der Waals surface area contributed by atoms with Gasteiger partial charge in [0, 0.05) is 7.05 Å². The van der Waals surface area contributed by atoms with E-state index in [4.69, 9.17) is 16.2 Å². The quantitative estimate of drug-likeness (QED) is 0.614. The molecule has 0 aliphatic rings. The molecular formula is C13H18N6O3S. The molecule has 0 fully saturated rings. The molecule has 0 atom stereocenters. The Morgan fingerprint density at radius 2 is 1.87 bits per heavy atom. The molecule has 23 heavy (non-hydrogen) atoms. The van der Waals surface area contributed by atoms with Crippen molar-refractivity contribution in [2.45, 2.75) is 18.9 Å². The Balaban J connectivity index is 2.54. The van der Waals surface area contributed by atoms with Crippen LogP contribution in [0.5, 0.6) is 0 Å². The van der Waals surface area contributed by atoms with Gasteiger partial charge in [-0.3, -0.25) is 9.48 Å². The van der Waals surface area contributed by atoms with E-state index in [0.29, 0.717) is 10.7 Å². The molecule has 2 rings (SSSR count). The summed E-state index contributed by atoms with van der Waals surface area (Å²) in [4.78, 5) is 24.7. The van der Waals surface area contributed by atoms with Gasteiger partial charge in [-0.1, -0.05) is 0 Å². The van der Waals surface area contributed by atoms with E-state index in [2.05, 4.69) is 10.2 Å². The fourth-order valence-corrected chi connectivity index (χ4v) is 2.72. The normalized spacial score (nSPS) is 10.8. The van der Waals surface area contributed by atoms with Crippen LogP contribution in [0.2, 0.25) is 0 Å². The van der Waals surface area contributed by atoms with Crippen LogP contribution in [0.3, 0.4) is 0 Å². The maximum atomic E-state index is 12.7. The highest BCUT2D eigenvalue weighted by atomic mass is 32.2. The molecule has 0 aliphatic heterocycles. The number of hydrogen-bond acceptors (Lipinski definition) is 8. The van der Waals surface area contributed by atoms with Crippen LogP contribution in [0, 0.1) is 6.92 Å². The Hall–Kier alpha value is -2.49. The van der Waals surface area contributed by atoms with Crippen LogP contribution in [0.4, 0.5) is 11.6 Å². The van der Waals surface area contributed by atoms with Crippen molar-refractivity contribution in [3.63, 3.8) is 0 Å². The number of carbonyl (C=O) groups excluding carboxylic acids is 2. The van der Waals surface area contributed by atoms with Crippen molar-refractivity contribution in [1.82, 2.24) is 19.6 Å². The van der Waals surface area contributed by atoms with Gasteiger partial charge in [-0.05, 0) is 20.1 Å². The number of aromatic nitrogens is 4. The van der Waals surface area contributed by atoms with Gasteiger partial charge in [0.05, 0.1) is 12.3 Å². The van der Waals surface area contributed by atoms with Crippen LogP contribution in [-0.4, -0.2) is 44.3 Å². The van der Waals surface area contributed by atoms with Crippen molar-refractivity contribution in [3.8, 4) is 0 Å². The zero-order valence-electron chi connectivity index (χ0n) is 13.3. The molecule has 0 saturated carbocycles. The molecule has 0 aliphatic carbocycles. The molecule has 124 valence electrons. The average Bonchev–Trinajstić information content (AvgIpc) is 2.95.